The number of Topliss-reactive ketones (excluding diaryl/α,β-unsaturated/α-hetero) is 1. The lowest BCUT2D eigenvalue weighted by atomic mass is 9.44. The maximum atomic E-state index is 13.2. The van der Waals surface area contributed by atoms with Crippen LogP contribution < -0.4 is 0 Å². The molecule has 4 rings (SSSR count). The molecule has 0 aromatic rings. The molecular weight excluding hydrogens is 325 g/mol. The van der Waals surface area contributed by atoms with Gasteiger partial charge in [0.25, 0.3) is 0 Å². The topological polar surface area (TPSA) is 17.1 Å². The number of halogens is 3. The van der Waals surface area contributed by atoms with Gasteiger partial charge in [-0.15, -0.1) is 0 Å². The third-order valence-electron chi connectivity index (χ3n) is 9.14. The van der Waals surface area contributed by atoms with Crippen molar-refractivity contribution in [2.75, 3.05) is 0 Å². The Morgan fingerprint density at radius 2 is 1.68 bits per heavy atom. The molecule has 8 atom stereocenters. The van der Waals surface area contributed by atoms with Crippen LogP contribution in [-0.2, 0) is 4.79 Å². The van der Waals surface area contributed by atoms with Crippen molar-refractivity contribution in [1.29, 1.82) is 0 Å². The van der Waals surface area contributed by atoms with E-state index in [-0.39, 0.29) is 22.7 Å². The van der Waals surface area contributed by atoms with E-state index in [1.807, 2.05) is 0 Å². The molecule has 0 aromatic heterocycles. The number of hydrogen-bond donors (Lipinski definition) is 0. The van der Waals surface area contributed by atoms with Crippen LogP contribution in [0.2, 0.25) is 0 Å². The Labute approximate surface area is 149 Å². The smallest absolute Gasteiger partial charge is 0.299 e. The van der Waals surface area contributed by atoms with Gasteiger partial charge in [0, 0.05) is 11.3 Å². The lowest BCUT2D eigenvalue weighted by Crippen LogP contribution is -2.54. The highest BCUT2D eigenvalue weighted by molar-refractivity contribution is 5.89. The lowest BCUT2D eigenvalue weighted by molar-refractivity contribution is -0.207. The predicted octanol–water partition coefficient (Wildman–Crippen LogP) is 6.02. The first-order valence-electron chi connectivity index (χ1n) is 10.2. The third-order valence-corrected chi connectivity index (χ3v) is 9.14. The van der Waals surface area contributed by atoms with Crippen LogP contribution in [0, 0.1) is 46.3 Å². The summed E-state index contributed by atoms with van der Waals surface area (Å²) in [6.07, 6.45) is 2.29. The van der Waals surface area contributed by atoms with Gasteiger partial charge in [-0.25, -0.2) is 0 Å². The van der Waals surface area contributed by atoms with Crippen LogP contribution in [-0.4, -0.2) is 12.0 Å². The minimum atomic E-state index is -4.03. The summed E-state index contributed by atoms with van der Waals surface area (Å²) in [5, 5.41) is 0. The second kappa shape index (κ2) is 5.48. The molecule has 142 valence electrons. The van der Waals surface area contributed by atoms with Gasteiger partial charge in [-0.2, -0.15) is 13.2 Å². The number of rotatable bonds is 0. The van der Waals surface area contributed by atoms with Crippen LogP contribution in [0.1, 0.15) is 72.1 Å². The maximum Gasteiger partial charge on any atom is 0.391 e. The zero-order valence-electron chi connectivity index (χ0n) is 15.7. The first-order chi connectivity index (χ1) is 11.6. The van der Waals surface area contributed by atoms with E-state index >= 15 is 0 Å². The number of carbonyl (C=O) groups excluding carboxylic acids is 1. The molecule has 4 fully saturated rings. The molecule has 0 radical (unpaired) electrons. The Balaban J connectivity index is 1.59. The molecule has 4 aliphatic carbocycles. The minimum Gasteiger partial charge on any atom is -0.299 e. The monoisotopic (exact) mass is 356 g/mol. The van der Waals surface area contributed by atoms with E-state index < -0.39 is 12.1 Å². The maximum absolute atomic E-state index is 13.2. The SMILES string of the molecule is C[C@@H]1CC2C3CCC4CC(C(F)(F)F)CC[C@]4(C)C3CCC2(C)C1=O. The summed E-state index contributed by atoms with van der Waals surface area (Å²) < 4.78 is 39.7. The Morgan fingerprint density at radius 1 is 0.960 bits per heavy atom. The van der Waals surface area contributed by atoms with Crippen LogP contribution in [0.25, 0.3) is 0 Å². The normalized spacial score (nSPS) is 53.1. The van der Waals surface area contributed by atoms with E-state index in [1.54, 1.807) is 0 Å². The lowest BCUT2D eigenvalue weighted by Gasteiger charge is -2.60. The number of fused-ring (bicyclic) bond motifs is 5. The second-order valence-corrected chi connectivity index (χ2v) is 10.1. The van der Waals surface area contributed by atoms with E-state index in [0.717, 1.165) is 38.5 Å². The molecule has 0 aromatic carbocycles. The van der Waals surface area contributed by atoms with Gasteiger partial charge in [0.05, 0.1) is 5.92 Å². The van der Waals surface area contributed by atoms with Gasteiger partial charge in [0.2, 0.25) is 0 Å². The highest BCUT2D eigenvalue weighted by Gasteiger charge is 2.62. The standard InChI is InChI=1S/C21H31F3O/c1-12-10-17-15-5-4-13-11-14(21(22,23)24)6-8-19(13,2)16(15)7-9-20(17,3)18(12)25/h12-17H,4-11H2,1-3H3/t12-,13?,14?,15?,16?,17?,19+,20?/m1/s1. The van der Waals surface area contributed by atoms with E-state index in [0.29, 0.717) is 36.4 Å². The molecule has 0 heterocycles. The van der Waals surface area contributed by atoms with Crippen LogP contribution in [0.3, 0.4) is 0 Å². The second-order valence-electron chi connectivity index (χ2n) is 10.1. The van der Waals surface area contributed by atoms with Gasteiger partial charge in [0.1, 0.15) is 5.78 Å². The third kappa shape index (κ3) is 2.45. The summed E-state index contributed by atoms with van der Waals surface area (Å²) in [5.74, 6) is 1.28. The predicted molar refractivity (Wildman–Crippen MR) is 90.8 cm³/mol. The summed E-state index contributed by atoms with van der Waals surface area (Å²) in [4.78, 5) is 12.7. The number of hydrogen-bond acceptors (Lipinski definition) is 1. The zero-order valence-corrected chi connectivity index (χ0v) is 15.7. The summed E-state index contributed by atoms with van der Waals surface area (Å²) in [6.45, 7) is 6.53. The van der Waals surface area contributed by atoms with Gasteiger partial charge in [0.15, 0.2) is 0 Å². The van der Waals surface area contributed by atoms with Crippen molar-refractivity contribution < 1.29 is 18.0 Å². The van der Waals surface area contributed by atoms with Crippen LogP contribution in [0.15, 0.2) is 0 Å². The van der Waals surface area contributed by atoms with Crippen LogP contribution in [0.5, 0.6) is 0 Å². The van der Waals surface area contributed by atoms with Gasteiger partial charge in [-0.3, -0.25) is 4.79 Å². The minimum absolute atomic E-state index is 0.0564. The number of carbonyl (C=O) groups is 1. The average Bonchev–Trinajstić information content (AvgIpc) is 2.77. The Hall–Kier alpha value is -0.540. The Morgan fingerprint density at radius 3 is 2.36 bits per heavy atom. The molecule has 25 heavy (non-hydrogen) atoms. The molecule has 0 aliphatic heterocycles. The first kappa shape index (κ1) is 17.9. The van der Waals surface area contributed by atoms with Gasteiger partial charge >= 0.3 is 6.18 Å². The van der Waals surface area contributed by atoms with Gasteiger partial charge in [-0.1, -0.05) is 20.8 Å². The fourth-order valence-electron chi connectivity index (χ4n) is 7.67. The van der Waals surface area contributed by atoms with Crippen molar-refractivity contribution >= 4 is 5.78 Å². The van der Waals surface area contributed by atoms with Crippen molar-refractivity contribution in [3.8, 4) is 0 Å². The van der Waals surface area contributed by atoms with Crippen molar-refractivity contribution in [1.82, 2.24) is 0 Å². The molecule has 0 spiro atoms. The van der Waals surface area contributed by atoms with Crippen LogP contribution >= 0.6 is 0 Å². The largest absolute Gasteiger partial charge is 0.391 e. The van der Waals surface area contributed by atoms with Gasteiger partial charge < -0.3 is 0 Å². The van der Waals surface area contributed by atoms with E-state index in [9.17, 15) is 18.0 Å². The Kier molecular flexibility index (Phi) is 3.92. The number of alkyl halides is 3. The van der Waals surface area contributed by atoms with E-state index in [2.05, 4.69) is 20.8 Å². The summed E-state index contributed by atoms with van der Waals surface area (Å²) in [7, 11) is 0. The van der Waals surface area contributed by atoms with Gasteiger partial charge in [-0.05, 0) is 80.5 Å². The van der Waals surface area contributed by atoms with Crippen molar-refractivity contribution in [3.63, 3.8) is 0 Å². The van der Waals surface area contributed by atoms with E-state index in [4.69, 9.17) is 0 Å². The zero-order chi connectivity index (χ0) is 18.2. The molecular formula is C21H31F3O. The van der Waals surface area contributed by atoms with Crippen molar-refractivity contribution in [3.05, 3.63) is 0 Å². The molecule has 0 bridgehead atoms. The van der Waals surface area contributed by atoms with Crippen molar-refractivity contribution in [2.24, 2.45) is 46.3 Å². The molecule has 4 heteroatoms. The summed E-state index contributed by atoms with van der Waals surface area (Å²) in [5.41, 5.74) is -0.103. The fourth-order valence-corrected chi connectivity index (χ4v) is 7.67. The highest BCUT2D eigenvalue weighted by atomic mass is 19.4. The average molecular weight is 356 g/mol. The van der Waals surface area contributed by atoms with E-state index in [1.165, 1.54) is 0 Å². The first-order valence-corrected chi connectivity index (χ1v) is 10.2. The molecule has 4 saturated carbocycles. The summed E-state index contributed by atoms with van der Waals surface area (Å²) >= 11 is 0. The molecule has 0 N–H and O–H groups in total. The molecule has 4 aliphatic rings. The quantitative estimate of drug-likeness (QED) is 0.518. The molecule has 1 nitrogen and oxygen atoms in total. The molecule has 0 amide bonds. The number of ketones is 1. The van der Waals surface area contributed by atoms with Crippen LogP contribution in [0.4, 0.5) is 13.2 Å². The van der Waals surface area contributed by atoms with Crippen molar-refractivity contribution in [2.45, 2.75) is 78.3 Å². The summed E-state index contributed by atoms with van der Waals surface area (Å²) in [6, 6.07) is 0. The molecule has 6 unspecified atom stereocenters. The highest BCUT2D eigenvalue weighted by Crippen LogP contribution is 2.67. The Bertz CT molecular complexity index is 570. The fraction of sp³-hybridized carbons (Fsp3) is 0.952. The molecule has 0 saturated heterocycles.